The van der Waals surface area contributed by atoms with Crippen molar-refractivity contribution in [1.29, 1.82) is 0 Å². The van der Waals surface area contributed by atoms with E-state index in [1.54, 1.807) is 4.90 Å². The van der Waals surface area contributed by atoms with E-state index in [-0.39, 0.29) is 24.3 Å². The summed E-state index contributed by atoms with van der Waals surface area (Å²) in [4.78, 5) is 13.5. The molecule has 1 saturated heterocycles. The van der Waals surface area contributed by atoms with E-state index in [0.29, 0.717) is 19.6 Å². The average molecular weight is 264 g/mol. The van der Waals surface area contributed by atoms with Gasteiger partial charge < -0.3 is 15.0 Å². The van der Waals surface area contributed by atoms with Crippen LogP contribution in [0.5, 0.6) is 0 Å². The Morgan fingerprint density at radius 2 is 2.24 bits per heavy atom. The molecule has 6 nitrogen and oxygen atoms in total. The number of hydrogen-bond donors (Lipinski definition) is 1. The smallest absolute Gasteiger partial charge is 0.238 e. The van der Waals surface area contributed by atoms with Crippen LogP contribution in [0.4, 0.5) is 0 Å². The molecule has 1 N–H and O–H groups in total. The first-order valence-electron chi connectivity index (χ1n) is 5.66. The van der Waals surface area contributed by atoms with Crippen LogP contribution in [0.1, 0.15) is 6.92 Å². The van der Waals surface area contributed by atoms with E-state index in [9.17, 15) is 13.2 Å². The lowest BCUT2D eigenvalue weighted by Crippen LogP contribution is -2.53. The molecule has 7 heteroatoms. The molecule has 0 bridgehead atoms. The molecular weight excluding hydrogens is 244 g/mol. The lowest BCUT2D eigenvalue weighted by Gasteiger charge is -2.33. The van der Waals surface area contributed by atoms with Crippen molar-refractivity contribution in [3.8, 4) is 0 Å². The van der Waals surface area contributed by atoms with Crippen molar-refractivity contribution in [1.82, 2.24) is 10.2 Å². The molecule has 1 rings (SSSR count). The summed E-state index contributed by atoms with van der Waals surface area (Å²) in [6.07, 6.45) is 0. The molecule has 17 heavy (non-hydrogen) atoms. The van der Waals surface area contributed by atoms with Crippen LogP contribution in [0.15, 0.2) is 0 Å². The van der Waals surface area contributed by atoms with E-state index < -0.39 is 15.6 Å². The van der Waals surface area contributed by atoms with Gasteiger partial charge in [0.15, 0.2) is 9.84 Å². The Labute approximate surface area is 102 Å². The quantitative estimate of drug-likeness (QED) is 0.680. The summed E-state index contributed by atoms with van der Waals surface area (Å²) in [6, 6.07) is 0.0499. The van der Waals surface area contributed by atoms with Gasteiger partial charge in [0.25, 0.3) is 0 Å². The number of rotatable bonds is 5. The van der Waals surface area contributed by atoms with Crippen molar-refractivity contribution in [2.75, 3.05) is 44.9 Å². The summed E-state index contributed by atoms with van der Waals surface area (Å²) in [5, 5.41) is 3.15. The van der Waals surface area contributed by atoms with Crippen molar-refractivity contribution < 1.29 is 17.9 Å². The van der Waals surface area contributed by atoms with Gasteiger partial charge >= 0.3 is 0 Å². The summed E-state index contributed by atoms with van der Waals surface area (Å²) in [6.45, 7) is 4.04. The van der Waals surface area contributed by atoms with Crippen molar-refractivity contribution in [2.24, 2.45) is 0 Å². The van der Waals surface area contributed by atoms with E-state index >= 15 is 0 Å². The zero-order chi connectivity index (χ0) is 12.9. The van der Waals surface area contributed by atoms with E-state index in [0.717, 1.165) is 0 Å². The fourth-order valence-corrected chi connectivity index (χ4v) is 2.87. The van der Waals surface area contributed by atoms with Crippen molar-refractivity contribution in [3.63, 3.8) is 0 Å². The monoisotopic (exact) mass is 264 g/mol. The Kier molecular flexibility index (Phi) is 5.35. The second kappa shape index (κ2) is 6.32. The van der Waals surface area contributed by atoms with E-state index in [1.165, 1.54) is 7.11 Å². The van der Waals surface area contributed by atoms with Gasteiger partial charge in [-0.15, -0.1) is 0 Å². The molecule has 0 unspecified atom stereocenters. The predicted octanol–water partition coefficient (Wildman–Crippen LogP) is -1.13. The number of methoxy groups -OCH3 is 1. The molecule has 0 saturated carbocycles. The fourth-order valence-electron chi connectivity index (χ4n) is 1.77. The third-order valence-corrected chi connectivity index (χ3v) is 4.24. The maximum absolute atomic E-state index is 11.9. The lowest BCUT2D eigenvalue weighted by atomic mass is 10.2. The molecule has 0 spiro atoms. The molecule has 1 fully saturated rings. The van der Waals surface area contributed by atoms with Crippen LogP contribution in [0.2, 0.25) is 0 Å². The third-order valence-electron chi connectivity index (χ3n) is 2.76. The maximum atomic E-state index is 11.9. The normalized spacial score (nSPS) is 21.5. The lowest BCUT2D eigenvalue weighted by molar-refractivity contribution is -0.131. The number of piperazine rings is 1. The van der Waals surface area contributed by atoms with Gasteiger partial charge in [0.2, 0.25) is 5.91 Å². The van der Waals surface area contributed by atoms with Crippen LogP contribution in [0.25, 0.3) is 0 Å². The summed E-state index contributed by atoms with van der Waals surface area (Å²) in [5.74, 6) is -0.828. The molecule has 1 heterocycles. The molecule has 1 atom stereocenters. The largest absolute Gasteiger partial charge is 0.384 e. The molecule has 0 aromatic carbocycles. The molecule has 1 amide bonds. The number of nitrogens with zero attached hydrogens (tertiary/aromatic N) is 1. The molecule has 1 aliphatic rings. The molecule has 1 aliphatic heterocycles. The van der Waals surface area contributed by atoms with E-state index in [4.69, 9.17) is 4.74 Å². The molecule has 100 valence electrons. The summed E-state index contributed by atoms with van der Waals surface area (Å²) < 4.78 is 27.9. The number of hydrogen-bond acceptors (Lipinski definition) is 5. The number of sulfone groups is 1. The van der Waals surface area contributed by atoms with Crippen molar-refractivity contribution in [2.45, 2.75) is 13.0 Å². The number of nitrogens with one attached hydrogen (secondary N) is 1. The van der Waals surface area contributed by atoms with Gasteiger partial charge in [-0.05, 0) is 6.92 Å². The molecule has 0 aliphatic carbocycles. The van der Waals surface area contributed by atoms with Crippen LogP contribution >= 0.6 is 0 Å². The number of amides is 1. The number of ether oxygens (including phenoxy) is 1. The first-order chi connectivity index (χ1) is 7.96. The predicted molar refractivity (Wildman–Crippen MR) is 64.6 cm³/mol. The average Bonchev–Trinajstić information content (AvgIpc) is 2.26. The van der Waals surface area contributed by atoms with Gasteiger partial charge in [-0.25, -0.2) is 8.42 Å². The second-order valence-electron chi connectivity index (χ2n) is 4.23. The summed E-state index contributed by atoms with van der Waals surface area (Å²) in [7, 11) is -1.91. The Balaban J connectivity index is 2.53. The van der Waals surface area contributed by atoms with E-state index in [1.807, 2.05) is 6.92 Å². The zero-order valence-corrected chi connectivity index (χ0v) is 11.1. The van der Waals surface area contributed by atoms with Crippen LogP contribution < -0.4 is 5.32 Å². The van der Waals surface area contributed by atoms with Crippen molar-refractivity contribution >= 4 is 15.7 Å². The van der Waals surface area contributed by atoms with Crippen molar-refractivity contribution in [3.05, 3.63) is 0 Å². The minimum atomic E-state index is -3.35. The van der Waals surface area contributed by atoms with Crippen LogP contribution in [-0.2, 0) is 19.4 Å². The Hall–Kier alpha value is -0.660. The molecule has 0 aromatic heterocycles. The van der Waals surface area contributed by atoms with Crippen LogP contribution in [0, 0.1) is 0 Å². The second-order valence-corrected chi connectivity index (χ2v) is 6.41. The van der Waals surface area contributed by atoms with Gasteiger partial charge in [-0.1, -0.05) is 0 Å². The highest BCUT2D eigenvalue weighted by molar-refractivity contribution is 7.92. The summed E-state index contributed by atoms with van der Waals surface area (Å²) >= 11 is 0. The minimum Gasteiger partial charge on any atom is -0.384 e. The van der Waals surface area contributed by atoms with Gasteiger partial charge in [-0.3, -0.25) is 4.79 Å². The fraction of sp³-hybridized carbons (Fsp3) is 0.900. The van der Waals surface area contributed by atoms with Crippen LogP contribution in [0.3, 0.4) is 0 Å². The highest BCUT2D eigenvalue weighted by Crippen LogP contribution is 2.05. The highest BCUT2D eigenvalue weighted by Gasteiger charge is 2.26. The van der Waals surface area contributed by atoms with Gasteiger partial charge in [-0.2, -0.15) is 0 Å². The third kappa shape index (κ3) is 4.61. The SMILES string of the molecule is COCCS(=O)(=O)CC(=O)N1CCNC[C@@H]1C. The Morgan fingerprint density at radius 1 is 1.53 bits per heavy atom. The van der Waals surface area contributed by atoms with Gasteiger partial charge in [0.1, 0.15) is 5.75 Å². The Bertz CT molecular complexity index is 355. The first kappa shape index (κ1) is 14.4. The number of carbonyl (C=O) groups is 1. The zero-order valence-electron chi connectivity index (χ0n) is 10.3. The topological polar surface area (TPSA) is 75.7 Å². The number of carbonyl (C=O) groups excluding carboxylic acids is 1. The Morgan fingerprint density at radius 3 is 2.82 bits per heavy atom. The summed E-state index contributed by atoms with van der Waals surface area (Å²) in [5.41, 5.74) is 0. The maximum Gasteiger partial charge on any atom is 0.238 e. The van der Waals surface area contributed by atoms with Gasteiger partial charge in [0, 0.05) is 32.8 Å². The molecule has 0 aromatic rings. The first-order valence-corrected chi connectivity index (χ1v) is 7.48. The van der Waals surface area contributed by atoms with Crippen LogP contribution in [-0.4, -0.2) is 70.1 Å². The van der Waals surface area contributed by atoms with Gasteiger partial charge in [0.05, 0.1) is 12.4 Å². The standard InChI is InChI=1S/C10H20N2O4S/c1-9-7-11-3-4-12(9)10(13)8-17(14,15)6-5-16-2/h9,11H,3-8H2,1-2H3/t9-/m0/s1. The highest BCUT2D eigenvalue weighted by atomic mass is 32.2. The minimum absolute atomic E-state index is 0.0499. The molecular formula is C10H20N2O4S. The molecule has 0 radical (unpaired) electrons. The van der Waals surface area contributed by atoms with E-state index in [2.05, 4.69) is 5.32 Å².